The Hall–Kier alpha value is -4.63. The number of nitriles is 1. The summed E-state index contributed by atoms with van der Waals surface area (Å²) in [5, 5.41) is 14.2. The number of aromatic nitrogens is 2. The number of hydrogen-bond acceptors (Lipinski definition) is 5. The van der Waals surface area contributed by atoms with Gasteiger partial charge < -0.3 is 9.47 Å². The zero-order valence-corrected chi connectivity index (χ0v) is 18.7. The van der Waals surface area contributed by atoms with Gasteiger partial charge in [0.25, 0.3) is 0 Å². The lowest BCUT2D eigenvalue weighted by Gasteiger charge is -2.07. The smallest absolute Gasteiger partial charge is 0.348 e. The Morgan fingerprint density at radius 1 is 1.00 bits per heavy atom. The molecule has 34 heavy (non-hydrogen) atoms. The lowest BCUT2D eigenvalue weighted by atomic mass is 10.1. The lowest BCUT2D eigenvalue weighted by molar-refractivity contribution is -0.137. The van der Waals surface area contributed by atoms with E-state index in [0.29, 0.717) is 17.9 Å². The van der Waals surface area contributed by atoms with Crippen molar-refractivity contribution >= 4 is 12.0 Å². The van der Waals surface area contributed by atoms with Crippen LogP contribution < -0.4 is 4.74 Å². The van der Waals surface area contributed by atoms with E-state index < -0.39 is 5.97 Å². The Kier molecular flexibility index (Phi) is 7.16. The molecule has 0 aliphatic heterocycles. The third-order valence-electron chi connectivity index (χ3n) is 5.05. The maximum atomic E-state index is 12.2. The number of esters is 1. The molecule has 0 N–H and O–H groups in total. The van der Waals surface area contributed by atoms with Crippen LogP contribution in [0.5, 0.6) is 5.75 Å². The molecule has 6 heteroatoms. The van der Waals surface area contributed by atoms with Crippen molar-refractivity contribution in [1.82, 2.24) is 9.78 Å². The SMILES string of the molecule is CCOC(=O)C(C#N)=Cc1cn(-c2ccccc2)nc1-c1ccc(OCc2ccccc2)cc1. The van der Waals surface area contributed by atoms with Crippen LogP contribution in [0.1, 0.15) is 18.1 Å². The molecule has 0 amide bonds. The van der Waals surface area contributed by atoms with Gasteiger partial charge in [-0.15, -0.1) is 0 Å². The van der Waals surface area contributed by atoms with Crippen LogP contribution in [-0.2, 0) is 16.1 Å². The van der Waals surface area contributed by atoms with Crippen LogP contribution in [0.15, 0.2) is 96.7 Å². The molecular weight excluding hydrogens is 426 g/mol. The summed E-state index contributed by atoms with van der Waals surface area (Å²) in [6, 6.07) is 29.1. The van der Waals surface area contributed by atoms with E-state index in [1.54, 1.807) is 17.8 Å². The van der Waals surface area contributed by atoms with Gasteiger partial charge in [-0.1, -0.05) is 48.5 Å². The van der Waals surface area contributed by atoms with Crippen molar-refractivity contribution in [2.45, 2.75) is 13.5 Å². The van der Waals surface area contributed by atoms with Gasteiger partial charge in [0.2, 0.25) is 0 Å². The summed E-state index contributed by atoms with van der Waals surface area (Å²) in [5.74, 6) is 0.0736. The van der Waals surface area contributed by atoms with Gasteiger partial charge in [0.1, 0.15) is 24.0 Å². The predicted molar refractivity (Wildman–Crippen MR) is 130 cm³/mol. The van der Waals surface area contributed by atoms with E-state index in [1.807, 2.05) is 91.0 Å². The molecule has 0 aliphatic rings. The summed E-state index contributed by atoms with van der Waals surface area (Å²) in [6.45, 7) is 2.37. The van der Waals surface area contributed by atoms with Crippen LogP contribution in [0.3, 0.4) is 0 Å². The normalized spacial score (nSPS) is 11.0. The number of hydrogen-bond donors (Lipinski definition) is 0. The molecule has 1 heterocycles. The van der Waals surface area contributed by atoms with Gasteiger partial charge in [-0.3, -0.25) is 0 Å². The van der Waals surface area contributed by atoms with Crippen molar-refractivity contribution in [1.29, 1.82) is 5.26 Å². The predicted octanol–water partition coefficient (Wildman–Crippen LogP) is 5.59. The Labute approximate surface area is 198 Å². The molecule has 0 unspecified atom stereocenters. The summed E-state index contributed by atoms with van der Waals surface area (Å²) in [5.41, 5.74) is 3.96. The number of nitrogens with zero attached hydrogens (tertiary/aromatic N) is 3. The first kappa shape index (κ1) is 22.6. The van der Waals surface area contributed by atoms with Crippen LogP contribution in [0.25, 0.3) is 23.0 Å². The molecule has 0 spiro atoms. The second kappa shape index (κ2) is 10.8. The molecule has 0 saturated carbocycles. The fraction of sp³-hybridized carbons (Fsp3) is 0.107. The second-order valence-electron chi connectivity index (χ2n) is 7.40. The fourth-order valence-corrected chi connectivity index (χ4v) is 3.38. The van der Waals surface area contributed by atoms with E-state index >= 15 is 0 Å². The van der Waals surface area contributed by atoms with Crippen molar-refractivity contribution in [3.8, 4) is 28.8 Å². The average Bonchev–Trinajstić information content (AvgIpc) is 3.31. The van der Waals surface area contributed by atoms with Gasteiger partial charge >= 0.3 is 5.97 Å². The summed E-state index contributed by atoms with van der Waals surface area (Å²) >= 11 is 0. The highest BCUT2D eigenvalue weighted by Crippen LogP contribution is 2.28. The number of carbonyl (C=O) groups excluding carboxylic acids is 1. The summed E-state index contributed by atoms with van der Waals surface area (Å²) in [7, 11) is 0. The molecule has 0 atom stereocenters. The molecule has 1 aromatic heterocycles. The van der Waals surface area contributed by atoms with Crippen molar-refractivity contribution in [3.63, 3.8) is 0 Å². The number of benzene rings is 3. The first-order valence-electron chi connectivity index (χ1n) is 10.9. The third kappa shape index (κ3) is 5.40. The second-order valence-corrected chi connectivity index (χ2v) is 7.40. The van der Waals surface area contributed by atoms with Crippen molar-refractivity contribution in [2.24, 2.45) is 0 Å². The van der Waals surface area contributed by atoms with E-state index in [1.165, 1.54) is 6.08 Å². The number of carbonyl (C=O) groups is 1. The minimum absolute atomic E-state index is 0.0847. The Morgan fingerprint density at radius 3 is 2.32 bits per heavy atom. The average molecular weight is 450 g/mol. The highest BCUT2D eigenvalue weighted by molar-refractivity contribution is 5.98. The zero-order chi connectivity index (χ0) is 23.8. The van der Waals surface area contributed by atoms with Crippen LogP contribution in [0, 0.1) is 11.3 Å². The molecule has 0 saturated heterocycles. The minimum atomic E-state index is -0.659. The van der Waals surface area contributed by atoms with Crippen molar-refractivity contribution < 1.29 is 14.3 Å². The Balaban J connectivity index is 1.66. The molecule has 6 nitrogen and oxygen atoms in total. The molecule has 0 fully saturated rings. The standard InChI is InChI=1S/C28H23N3O3/c1-2-33-28(32)23(18-29)17-24-19-31(25-11-7-4-8-12-25)30-27(24)22-13-15-26(16-14-22)34-20-21-9-5-3-6-10-21/h3-17,19H,2,20H2,1H3. The van der Waals surface area contributed by atoms with E-state index in [-0.39, 0.29) is 12.2 Å². The largest absolute Gasteiger partial charge is 0.489 e. The van der Waals surface area contributed by atoms with Crippen molar-refractivity contribution in [2.75, 3.05) is 6.61 Å². The van der Waals surface area contributed by atoms with Gasteiger partial charge in [-0.05, 0) is 55.0 Å². The summed E-state index contributed by atoms with van der Waals surface area (Å²) in [6.07, 6.45) is 3.31. The maximum Gasteiger partial charge on any atom is 0.348 e. The zero-order valence-electron chi connectivity index (χ0n) is 18.7. The van der Waals surface area contributed by atoms with Crippen LogP contribution in [0.4, 0.5) is 0 Å². The topological polar surface area (TPSA) is 77.1 Å². The molecule has 4 rings (SSSR count). The first-order valence-corrected chi connectivity index (χ1v) is 10.9. The quantitative estimate of drug-likeness (QED) is 0.199. The summed E-state index contributed by atoms with van der Waals surface area (Å²) in [4.78, 5) is 12.2. The maximum absolute atomic E-state index is 12.2. The highest BCUT2D eigenvalue weighted by Gasteiger charge is 2.16. The van der Waals surface area contributed by atoms with Gasteiger partial charge in [0, 0.05) is 17.3 Å². The van der Waals surface area contributed by atoms with E-state index in [4.69, 9.17) is 14.6 Å². The highest BCUT2D eigenvalue weighted by atomic mass is 16.5. The molecule has 0 aliphatic carbocycles. The van der Waals surface area contributed by atoms with E-state index in [2.05, 4.69) is 0 Å². The van der Waals surface area contributed by atoms with Crippen LogP contribution in [-0.4, -0.2) is 22.4 Å². The summed E-state index contributed by atoms with van der Waals surface area (Å²) < 4.78 is 12.6. The monoisotopic (exact) mass is 449 g/mol. The molecular formula is C28H23N3O3. The Morgan fingerprint density at radius 2 is 1.68 bits per heavy atom. The number of para-hydroxylation sites is 1. The van der Waals surface area contributed by atoms with E-state index in [0.717, 1.165) is 22.6 Å². The van der Waals surface area contributed by atoms with Crippen molar-refractivity contribution in [3.05, 3.63) is 108 Å². The first-order chi connectivity index (χ1) is 16.7. The lowest BCUT2D eigenvalue weighted by Crippen LogP contribution is -2.06. The molecule has 0 radical (unpaired) electrons. The fourth-order valence-electron chi connectivity index (χ4n) is 3.38. The minimum Gasteiger partial charge on any atom is -0.489 e. The molecule has 0 bridgehead atoms. The number of rotatable bonds is 8. The number of ether oxygens (including phenoxy) is 2. The molecule has 168 valence electrons. The molecule has 3 aromatic carbocycles. The van der Waals surface area contributed by atoms with Gasteiger partial charge in [-0.2, -0.15) is 10.4 Å². The van der Waals surface area contributed by atoms with Gasteiger partial charge in [0.05, 0.1) is 18.0 Å². The van der Waals surface area contributed by atoms with Crippen LogP contribution >= 0.6 is 0 Å². The Bertz CT molecular complexity index is 1320. The molecule has 4 aromatic rings. The van der Waals surface area contributed by atoms with E-state index in [9.17, 15) is 10.1 Å². The van der Waals surface area contributed by atoms with Crippen LogP contribution in [0.2, 0.25) is 0 Å². The van der Waals surface area contributed by atoms with Gasteiger partial charge in [0.15, 0.2) is 0 Å². The van der Waals surface area contributed by atoms with Gasteiger partial charge in [-0.25, -0.2) is 9.48 Å². The third-order valence-corrected chi connectivity index (χ3v) is 5.05.